The summed E-state index contributed by atoms with van der Waals surface area (Å²) in [6, 6.07) is 7.63. The molecule has 3 aromatic rings. The van der Waals surface area contributed by atoms with Crippen molar-refractivity contribution in [2.75, 3.05) is 17.2 Å². The molecule has 25 heavy (non-hydrogen) atoms. The lowest BCUT2D eigenvalue weighted by Gasteiger charge is -2.09. The summed E-state index contributed by atoms with van der Waals surface area (Å²) in [7, 11) is 0. The van der Waals surface area contributed by atoms with Crippen molar-refractivity contribution in [3.63, 3.8) is 0 Å². The normalized spacial score (nSPS) is 10.4. The van der Waals surface area contributed by atoms with Gasteiger partial charge in [0.05, 0.1) is 4.92 Å². The zero-order valence-electron chi connectivity index (χ0n) is 13.5. The number of anilines is 3. The van der Waals surface area contributed by atoms with Crippen LogP contribution in [0.25, 0.3) is 0 Å². The summed E-state index contributed by atoms with van der Waals surface area (Å²) in [5.74, 6) is 0.787. The lowest BCUT2D eigenvalue weighted by atomic mass is 10.3. The molecule has 8 nitrogen and oxygen atoms in total. The molecule has 0 fully saturated rings. The van der Waals surface area contributed by atoms with E-state index in [4.69, 9.17) is 0 Å². The molecule has 0 bridgehead atoms. The van der Waals surface area contributed by atoms with Crippen LogP contribution in [0.3, 0.4) is 0 Å². The second kappa shape index (κ2) is 7.67. The number of nitrogens with one attached hydrogen (secondary N) is 2. The fraction of sp³-hybridized carbons (Fsp3) is 0.188. The molecule has 0 radical (unpaired) electrons. The van der Waals surface area contributed by atoms with Gasteiger partial charge < -0.3 is 10.6 Å². The van der Waals surface area contributed by atoms with E-state index < -0.39 is 4.92 Å². The summed E-state index contributed by atoms with van der Waals surface area (Å²) in [6.45, 7) is 2.46. The van der Waals surface area contributed by atoms with Crippen LogP contribution in [0.1, 0.15) is 10.4 Å². The third-order valence-corrected chi connectivity index (χ3v) is 4.35. The Morgan fingerprint density at radius 3 is 2.80 bits per heavy atom. The largest absolute Gasteiger partial charge is 0.364 e. The maximum atomic E-state index is 11.5. The summed E-state index contributed by atoms with van der Waals surface area (Å²) in [6.07, 6.45) is 3.69. The first-order valence-electron chi connectivity index (χ1n) is 7.59. The van der Waals surface area contributed by atoms with Gasteiger partial charge in [0.1, 0.15) is 12.1 Å². The number of nitro groups is 1. The standard InChI is InChI=1S/C16H16N6O2S/c1-11-4-6-17-13(9-11)21-16-14(22(23)24)15(19-10-20-16)18-7-5-12-3-2-8-25-12/h2-4,6,8-10H,5,7H2,1H3,(H2,17,18,19,20,21). The SMILES string of the molecule is Cc1ccnc(Nc2ncnc(NCCc3cccs3)c2[N+](=O)[O-])c1. The predicted octanol–water partition coefficient (Wildman–Crippen LogP) is 3.55. The highest BCUT2D eigenvalue weighted by Crippen LogP contribution is 2.30. The van der Waals surface area contributed by atoms with Gasteiger partial charge in [-0.05, 0) is 42.5 Å². The zero-order chi connectivity index (χ0) is 17.6. The quantitative estimate of drug-likeness (QED) is 0.492. The van der Waals surface area contributed by atoms with E-state index in [2.05, 4.69) is 25.6 Å². The minimum absolute atomic E-state index is 0.108. The van der Waals surface area contributed by atoms with Crippen LogP contribution in [0, 0.1) is 17.0 Å². The molecular formula is C16H16N6O2S. The number of nitrogens with zero attached hydrogens (tertiary/aromatic N) is 4. The van der Waals surface area contributed by atoms with Gasteiger partial charge in [0.25, 0.3) is 0 Å². The lowest BCUT2D eigenvalue weighted by molar-refractivity contribution is -0.383. The van der Waals surface area contributed by atoms with Gasteiger partial charge in [-0.15, -0.1) is 11.3 Å². The number of rotatable bonds is 7. The monoisotopic (exact) mass is 356 g/mol. The predicted molar refractivity (Wildman–Crippen MR) is 97.5 cm³/mol. The molecule has 0 amide bonds. The average molecular weight is 356 g/mol. The van der Waals surface area contributed by atoms with E-state index in [1.807, 2.05) is 30.5 Å². The summed E-state index contributed by atoms with van der Waals surface area (Å²) in [4.78, 5) is 24.4. The lowest BCUT2D eigenvalue weighted by Crippen LogP contribution is -2.10. The van der Waals surface area contributed by atoms with E-state index in [0.29, 0.717) is 12.4 Å². The summed E-state index contributed by atoms with van der Waals surface area (Å²) in [5.41, 5.74) is 0.792. The second-order valence-corrected chi connectivity index (χ2v) is 6.31. The van der Waals surface area contributed by atoms with E-state index in [1.54, 1.807) is 23.6 Å². The van der Waals surface area contributed by atoms with Crippen LogP contribution in [-0.2, 0) is 6.42 Å². The van der Waals surface area contributed by atoms with Crippen molar-refractivity contribution < 1.29 is 4.92 Å². The molecule has 3 aromatic heterocycles. The Hall–Kier alpha value is -3.07. The Balaban J connectivity index is 1.80. The Bertz CT molecular complexity index is 869. The van der Waals surface area contributed by atoms with Crippen LogP contribution in [-0.4, -0.2) is 26.4 Å². The summed E-state index contributed by atoms with van der Waals surface area (Å²) < 4.78 is 0. The van der Waals surface area contributed by atoms with Gasteiger partial charge in [0.2, 0.25) is 11.6 Å². The van der Waals surface area contributed by atoms with E-state index >= 15 is 0 Å². The van der Waals surface area contributed by atoms with Gasteiger partial charge in [-0.3, -0.25) is 10.1 Å². The molecule has 3 rings (SSSR count). The molecule has 0 aromatic carbocycles. The van der Waals surface area contributed by atoms with Crippen molar-refractivity contribution in [3.05, 3.63) is 62.7 Å². The maximum Gasteiger partial charge on any atom is 0.353 e. The number of hydrogen-bond acceptors (Lipinski definition) is 8. The van der Waals surface area contributed by atoms with Crippen molar-refractivity contribution in [1.82, 2.24) is 15.0 Å². The second-order valence-electron chi connectivity index (χ2n) is 5.28. The highest BCUT2D eigenvalue weighted by atomic mass is 32.1. The van der Waals surface area contributed by atoms with E-state index in [1.165, 1.54) is 11.2 Å². The highest BCUT2D eigenvalue weighted by molar-refractivity contribution is 7.09. The molecule has 0 atom stereocenters. The van der Waals surface area contributed by atoms with E-state index in [9.17, 15) is 10.1 Å². The Kier molecular flexibility index (Phi) is 5.14. The van der Waals surface area contributed by atoms with E-state index in [0.717, 1.165) is 12.0 Å². The van der Waals surface area contributed by atoms with Crippen LogP contribution in [0.15, 0.2) is 42.2 Å². The number of thiophene rings is 1. The van der Waals surface area contributed by atoms with Gasteiger partial charge in [-0.25, -0.2) is 15.0 Å². The Morgan fingerprint density at radius 2 is 2.08 bits per heavy atom. The number of aromatic nitrogens is 3. The van der Waals surface area contributed by atoms with Gasteiger partial charge in [0, 0.05) is 17.6 Å². The van der Waals surface area contributed by atoms with Crippen molar-refractivity contribution in [2.24, 2.45) is 0 Å². The van der Waals surface area contributed by atoms with Crippen LogP contribution >= 0.6 is 11.3 Å². The molecular weight excluding hydrogens is 340 g/mol. The van der Waals surface area contributed by atoms with Crippen molar-refractivity contribution in [1.29, 1.82) is 0 Å². The topological polar surface area (TPSA) is 106 Å². The minimum Gasteiger partial charge on any atom is -0.364 e. The van der Waals surface area contributed by atoms with Gasteiger partial charge >= 0.3 is 5.69 Å². The first kappa shape index (κ1) is 16.8. The molecule has 0 aliphatic carbocycles. The van der Waals surface area contributed by atoms with Gasteiger partial charge in [0.15, 0.2) is 0 Å². The van der Waals surface area contributed by atoms with Crippen LogP contribution in [0.4, 0.5) is 23.1 Å². The molecule has 3 heterocycles. The Labute approximate surface area is 148 Å². The van der Waals surface area contributed by atoms with E-state index in [-0.39, 0.29) is 17.3 Å². The van der Waals surface area contributed by atoms with Crippen molar-refractivity contribution in [3.8, 4) is 0 Å². The molecule has 0 aliphatic rings. The molecule has 2 N–H and O–H groups in total. The van der Waals surface area contributed by atoms with Crippen molar-refractivity contribution in [2.45, 2.75) is 13.3 Å². The average Bonchev–Trinajstić information content (AvgIpc) is 3.08. The molecule has 0 saturated carbocycles. The molecule has 0 unspecified atom stereocenters. The number of aryl methyl sites for hydroxylation is 1. The number of hydrogen-bond donors (Lipinski definition) is 2. The fourth-order valence-electron chi connectivity index (χ4n) is 2.26. The van der Waals surface area contributed by atoms with Crippen molar-refractivity contribution >= 4 is 34.5 Å². The third-order valence-electron chi connectivity index (χ3n) is 3.41. The van der Waals surface area contributed by atoms with Gasteiger partial charge in [-0.1, -0.05) is 6.07 Å². The molecule has 0 aliphatic heterocycles. The smallest absolute Gasteiger partial charge is 0.353 e. The van der Waals surface area contributed by atoms with Crippen LogP contribution in [0.5, 0.6) is 0 Å². The zero-order valence-corrected chi connectivity index (χ0v) is 14.3. The summed E-state index contributed by atoms with van der Waals surface area (Å²) in [5, 5.41) is 19.4. The third kappa shape index (κ3) is 4.27. The fourth-order valence-corrected chi connectivity index (χ4v) is 2.97. The van der Waals surface area contributed by atoms with Crippen LogP contribution < -0.4 is 10.6 Å². The highest BCUT2D eigenvalue weighted by Gasteiger charge is 2.23. The molecule has 9 heteroatoms. The first-order chi connectivity index (χ1) is 12.1. The first-order valence-corrected chi connectivity index (χ1v) is 8.47. The van der Waals surface area contributed by atoms with Gasteiger partial charge in [-0.2, -0.15) is 0 Å². The van der Waals surface area contributed by atoms with Crippen LogP contribution in [0.2, 0.25) is 0 Å². The molecule has 0 saturated heterocycles. The summed E-state index contributed by atoms with van der Waals surface area (Å²) >= 11 is 1.65. The minimum atomic E-state index is -0.494. The maximum absolute atomic E-state index is 11.5. The Morgan fingerprint density at radius 1 is 1.24 bits per heavy atom. The molecule has 0 spiro atoms. The number of pyridine rings is 1. The molecule has 128 valence electrons.